The van der Waals surface area contributed by atoms with Crippen LogP contribution >= 0.6 is 0 Å². The summed E-state index contributed by atoms with van der Waals surface area (Å²) in [7, 11) is 0. The maximum Gasteiger partial charge on any atom is 0.231 e. The largest absolute Gasteiger partial charge is 0.493 e. The highest BCUT2D eigenvalue weighted by Crippen LogP contribution is 2.38. The van der Waals surface area contributed by atoms with Crippen molar-refractivity contribution in [3.63, 3.8) is 0 Å². The second-order valence-electron chi connectivity index (χ2n) is 4.03. The lowest BCUT2D eigenvalue weighted by atomic mass is 10.2. The Bertz CT molecular complexity index is 426. The van der Waals surface area contributed by atoms with Gasteiger partial charge in [-0.05, 0) is 13.0 Å². The van der Waals surface area contributed by atoms with Crippen LogP contribution in [0.25, 0.3) is 0 Å². The number of ether oxygens (including phenoxy) is 3. The number of hydrogen-bond donors (Lipinski definition) is 1. The molecule has 2 rings (SSSR count). The predicted octanol–water partition coefficient (Wildman–Crippen LogP) is 2.25. The summed E-state index contributed by atoms with van der Waals surface area (Å²) in [6.07, 6.45) is 0.791. The molecule has 0 spiro atoms. The number of aliphatic hydroxyl groups is 1. The summed E-state index contributed by atoms with van der Waals surface area (Å²) in [5.41, 5.74) is 1.77. The zero-order chi connectivity index (χ0) is 12.3. The van der Waals surface area contributed by atoms with E-state index in [9.17, 15) is 5.11 Å². The van der Waals surface area contributed by atoms with Crippen LogP contribution in [0.2, 0.25) is 0 Å². The number of hydrogen-bond acceptors (Lipinski definition) is 4. The van der Waals surface area contributed by atoms with Gasteiger partial charge in [0.05, 0.1) is 13.2 Å². The molecule has 0 saturated heterocycles. The highest BCUT2D eigenvalue weighted by Gasteiger charge is 2.17. The number of benzene rings is 1. The van der Waals surface area contributed by atoms with E-state index >= 15 is 0 Å². The third-order valence-corrected chi connectivity index (χ3v) is 2.51. The Kier molecular flexibility index (Phi) is 3.54. The maximum absolute atomic E-state index is 9.26. The van der Waals surface area contributed by atoms with Gasteiger partial charge in [0.1, 0.15) is 5.75 Å². The van der Waals surface area contributed by atoms with E-state index in [1.165, 1.54) is 0 Å². The lowest BCUT2D eigenvalue weighted by molar-refractivity contribution is 0.173. The summed E-state index contributed by atoms with van der Waals surface area (Å²) in [5.74, 6) is 1.95. The Morgan fingerprint density at radius 1 is 1.41 bits per heavy atom. The molecule has 1 aliphatic heterocycles. The van der Waals surface area contributed by atoms with Gasteiger partial charge in [-0.3, -0.25) is 0 Å². The minimum atomic E-state index is -0.0843. The van der Waals surface area contributed by atoms with Crippen molar-refractivity contribution in [1.29, 1.82) is 0 Å². The fraction of sp³-hybridized carbons (Fsp3) is 0.385. The zero-order valence-corrected chi connectivity index (χ0v) is 9.86. The van der Waals surface area contributed by atoms with Gasteiger partial charge < -0.3 is 19.3 Å². The Morgan fingerprint density at radius 2 is 2.12 bits per heavy atom. The molecule has 0 amide bonds. The standard InChI is InChI=1S/C13H16O4/c1-9(2)3-4-15-11-6-13-12(16-8-17-13)5-10(11)7-14/h5-6,14H,1,3-4,7-8H2,2H3. The quantitative estimate of drug-likeness (QED) is 0.796. The van der Waals surface area contributed by atoms with Crippen molar-refractivity contribution < 1.29 is 19.3 Å². The molecular weight excluding hydrogens is 220 g/mol. The summed E-state index contributed by atoms with van der Waals surface area (Å²) >= 11 is 0. The van der Waals surface area contributed by atoms with Gasteiger partial charge in [0.15, 0.2) is 11.5 Å². The molecule has 0 fully saturated rings. The van der Waals surface area contributed by atoms with Crippen molar-refractivity contribution in [2.45, 2.75) is 20.0 Å². The molecule has 0 unspecified atom stereocenters. The normalized spacial score (nSPS) is 12.6. The van der Waals surface area contributed by atoms with Gasteiger partial charge >= 0.3 is 0 Å². The van der Waals surface area contributed by atoms with Gasteiger partial charge in [0.25, 0.3) is 0 Å². The van der Waals surface area contributed by atoms with Gasteiger partial charge in [-0.1, -0.05) is 5.57 Å². The third-order valence-electron chi connectivity index (χ3n) is 2.51. The first kappa shape index (κ1) is 11.8. The molecule has 0 saturated carbocycles. The Hall–Kier alpha value is -1.68. The molecule has 1 aliphatic rings. The van der Waals surface area contributed by atoms with Crippen LogP contribution < -0.4 is 14.2 Å². The second kappa shape index (κ2) is 5.10. The number of fused-ring (bicyclic) bond motifs is 1. The van der Waals surface area contributed by atoms with Crippen LogP contribution in [0.5, 0.6) is 17.2 Å². The SMILES string of the molecule is C=C(C)CCOc1cc2c(cc1CO)OCO2. The first-order valence-corrected chi connectivity index (χ1v) is 5.51. The number of rotatable bonds is 5. The van der Waals surface area contributed by atoms with Crippen LogP contribution in [0.3, 0.4) is 0 Å². The maximum atomic E-state index is 9.26. The van der Waals surface area contributed by atoms with Crippen molar-refractivity contribution in [3.05, 3.63) is 29.8 Å². The molecule has 0 aromatic heterocycles. The van der Waals surface area contributed by atoms with Crippen LogP contribution in [0, 0.1) is 0 Å². The van der Waals surface area contributed by atoms with Crippen LogP contribution in [0.1, 0.15) is 18.9 Å². The van der Waals surface area contributed by atoms with Crippen molar-refractivity contribution in [2.75, 3.05) is 13.4 Å². The molecule has 0 bridgehead atoms. The zero-order valence-electron chi connectivity index (χ0n) is 9.86. The van der Waals surface area contributed by atoms with E-state index in [4.69, 9.17) is 14.2 Å². The van der Waals surface area contributed by atoms with Crippen molar-refractivity contribution >= 4 is 0 Å². The molecule has 4 nitrogen and oxygen atoms in total. The van der Waals surface area contributed by atoms with Gasteiger partial charge in [0, 0.05) is 18.1 Å². The Labute approximate surface area is 100 Å². The first-order valence-electron chi connectivity index (χ1n) is 5.51. The van der Waals surface area contributed by atoms with Gasteiger partial charge in [-0.25, -0.2) is 0 Å². The fourth-order valence-electron chi connectivity index (χ4n) is 1.56. The molecule has 0 radical (unpaired) electrons. The molecule has 0 aliphatic carbocycles. The molecule has 1 heterocycles. The van der Waals surface area contributed by atoms with Gasteiger partial charge in [0.2, 0.25) is 6.79 Å². The van der Waals surface area contributed by atoms with Crippen LogP contribution in [-0.4, -0.2) is 18.5 Å². The second-order valence-corrected chi connectivity index (χ2v) is 4.03. The van der Waals surface area contributed by atoms with E-state index in [2.05, 4.69) is 6.58 Å². The molecule has 1 N–H and O–H groups in total. The molecule has 17 heavy (non-hydrogen) atoms. The average Bonchev–Trinajstić information content (AvgIpc) is 2.74. The van der Waals surface area contributed by atoms with Crippen molar-refractivity contribution in [1.82, 2.24) is 0 Å². The monoisotopic (exact) mass is 236 g/mol. The molecule has 0 atom stereocenters. The highest BCUT2D eigenvalue weighted by atomic mass is 16.7. The van der Waals surface area contributed by atoms with Gasteiger partial charge in [-0.15, -0.1) is 6.58 Å². The highest BCUT2D eigenvalue weighted by molar-refractivity contribution is 5.51. The van der Waals surface area contributed by atoms with E-state index in [-0.39, 0.29) is 13.4 Å². The predicted molar refractivity (Wildman–Crippen MR) is 63.4 cm³/mol. The summed E-state index contributed by atoms with van der Waals surface area (Å²) in [5, 5.41) is 9.26. The van der Waals surface area contributed by atoms with E-state index in [0.717, 1.165) is 12.0 Å². The molecular formula is C13H16O4. The lowest BCUT2D eigenvalue weighted by Crippen LogP contribution is -2.00. The minimum absolute atomic E-state index is 0.0843. The van der Waals surface area contributed by atoms with Crippen LogP contribution in [0.4, 0.5) is 0 Å². The molecule has 92 valence electrons. The Balaban J connectivity index is 2.12. The molecule has 1 aromatic rings. The number of aliphatic hydroxyl groups excluding tert-OH is 1. The smallest absolute Gasteiger partial charge is 0.231 e. The van der Waals surface area contributed by atoms with E-state index in [0.29, 0.717) is 29.4 Å². The minimum Gasteiger partial charge on any atom is -0.493 e. The fourth-order valence-corrected chi connectivity index (χ4v) is 1.56. The molecule has 4 heteroatoms. The topological polar surface area (TPSA) is 47.9 Å². The van der Waals surface area contributed by atoms with Crippen molar-refractivity contribution in [2.24, 2.45) is 0 Å². The average molecular weight is 236 g/mol. The van der Waals surface area contributed by atoms with Crippen LogP contribution in [0.15, 0.2) is 24.3 Å². The van der Waals surface area contributed by atoms with E-state index in [1.807, 2.05) is 6.92 Å². The first-order chi connectivity index (χ1) is 8.20. The summed E-state index contributed by atoms with van der Waals surface area (Å²) in [6, 6.07) is 3.50. The lowest BCUT2D eigenvalue weighted by Gasteiger charge is -2.11. The van der Waals surface area contributed by atoms with E-state index < -0.39 is 0 Å². The van der Waals surface area contributed by atoms with Crippen molar-refractivity contribution in [3.8, 4) is 17.2 Å². The Morgan fingerprint density at radius 3 is 2.76 bits per heavy atom. The third kappa shape index (κ3) is 2.71. The van der Waals surface area contributed by atoms with Gasteiger partial charge in [-0.2, -0.15) is 0 Å². The van der Waals surface area contributed by atoms with E-state index in [1.54, 1.807) is 12.1 Å². The summed E-state index contributed by atoms with van der Waals surface area (Å²) in [4.78, 5) is 0. The van der Waals surface area contributed by atoms with Crippen LogP contribution in [-0.2, 0) is 6.61 Å². The summed E-state index contributed by atoms with van der Waals surface area (Å²) < 4.78 is 16.1. The summed E-state index contributed by atoms with van der Waals surface area (Å²) in [6.45, 7) is 6.44. The molecule has 1 aromatic carbocycles.